The third-order valence-corrected chi connectivity index (χ3v) is 4.49. The van der Waals surface area contributed by atoms with Gasteiger partial charge in [0.2, 0.25) is 0 Å². The Hall–Kier alpha value is -3.08. The van der Waals surface area contributed by atoms with Gasteiger partial charge in [0.15, 0.2) is 5.54 Å². The van der Waals surface area contributed by atoms with Gasteiger partial charge in [-0.25, -0.2) is 9.59 Å². The van der Waals surface area contributed by atoms with Crippen molar-refractivity contribution in [2.45, 2.75) is 11.5 Å². The van der Waals surface area contributed by atoms with E-state index < -0.39 is 23.4 Å². The zero-order valence-corrected chi connectivity index (χ0v) is 14.1. The molecule has 0 amide bonds. The number of benzene rings is 2. The van der Waals surface area contributed by atoms with Crippen molar-refractivity contribution in [1.82, 2.24) is 5.32 Å². The minimum atomic E-state index is -1.24. The summed E-state index contributed by atoms with van der Waals surface area (Å²) in [6, 6.07) is 18.6. The van der Waals surface area contributed by atoms with Crippen LogP contribution in [-0.4, -0.2) is 26.2 Å². The molecule has 2 atom stereocenters. The zero-order valence-electron chi connectivity index (χ0n) is 14.1. The first-order chi connectivity index (χ1) is 12.1. The van der Waals surface area contributed by atoms with E-state index in [-0.39, 0.29) is 0 Å². The number of esters is 2. The van der Waals surface area contributed by atoms with Crippen LogP contribution < -0.4 is 5.32 Å². The molecule has 0 fully saturated rings. The van der Waals surface area contributed by atoms with Crippen molar-refractivity contribution in [3.63, 3.8) is 0 Å². The third-order valence-electron chi connectivity index (χ3n) is 4.49. The molecule has 0 aromatic heterocycles. The molecule has 5 nitrogen and oxygen atoms in total. The Labute approximate surface area is 146 Å². The number of hydrogen-bond acceptors (Lipinski definition) is 5. The van der Waals surface area contributed by atoms with E-state index in [1.165, 1.54) is 14.2 Å². The maximum Gasteiger partial charge on any atom is 0.337 e. The zero-order chi connectivity index (χ0) is 17.9. The van der Waals surface area contributed by atoms with Crippen molar-refractivity contribution in [3.8, 4) is 0 Å². The molecule has 1 N–H and O–H groups in total. The van der Waals surface area contributed by atoms with Gasteiger partial charge in [-0.3, -0.25) is 0 Å². The molecule has 25 heavy (non-hydrogen) atoms. The second kappa shape index (κ2) is 6.81. The van der Waals surface area contributed by atoms with Crippen molar-refractivity contribution in [3.05, 3.63) is 83.6 Å². The van der Waals surface area contributed by atoms with E-state index in [4.69, 9.17) is 9.47 Å². The van der Waals surface area contributed by atoms with Crippen molar-refractivity contribution in [2.24, 2.45) is 0 Å². The first kappa shape index (κ1) is 16.8. The Morgan fingerprint density at radius 2 is 1.52 bits per heavy atom. The molecule has 0 radical (unpaired) electrons. The fourth-order valence-corrected chi connectivity index (χ4v) is 3.37. The van der Waals surface area contributed by atoms with Crippen LogP contribution in [0.2, 0.25) is 0 Å². The highest BCUT2D eigenvalue weighted by molar-refractivity contribution is 5.96. The first-order valence-corrected chi connectivity index (χ1v) is 7.90. The fourth-order valence-electron chi connectivity index (χ4n) is 3.37. The van der Waals surface area contributed by atoms with Crippen LogP contribution in [0.15, 0.2) is 72.4 Å². The summed E-state index contributed by atoms with van der Waals surface area (Å²) in [5, 5.41) is 3.11. The Balaban J connectivity index is 2.23. The Morgan fingerprint density at radius 1 is 0.920 bits per heavy atom. The standard InChI is InChI=1S/C20H19NO4/c1-24-18(22)16-13-21-20(19(23)25-2,15-11-7-4-8-12-15)17(16)14-9-5-3-6-10-14/h3-13,17,21H,1-2H3/t17-,20-/m0/s1. The van der Waals surface area contributed by atoms with E-state index in [0.29, 0.717) is 11.1 Å². The van der Waals surface area contributed by atoms with E-state index in [1.807, 2.05) is 60.7 Å². The second-order valence-electron chi connectivity index (χ2n) is 5.74. The SMILES string of the molecule is COC(=O)C1=CN[C@@](C(=O)OC)(c2ccccc2)[C@H]1c1ccccc1. The summed E-state index contributed by atoms with van der Waals surface area (Å²) in [5.74, 6) is -1.53. The number of nitrogens with one attached hydrogen (secondary N) is 1. The van der Waals surface area contributed by atoms with E-state index in [1.54, 1.807) is 6.20 Å². The lowest BCUT2D eigenvalue weighted by atomic mass is 9.73. The van der Waals surface area contributed by atoms with Gasteiger partial charge >= 0.3 is 11.9 Å². The summed E-state index contributed by atoms with van der Waals surface area (Å²) in [5.41, 5.74) is 0.674. The number of carbonyl (C=O) groups is 2. The molecule has 0 bridgehead atoms. The Morgan fingerprint density at radius 3 is 2.08 bits per heavy atom. The molecule has 0 saturated carbocycles. The van der Waals surface area contributed by atoms with Gasteiger partial charge in [-0.05, 0) is 11.1 Å². The average Bonchev–Trinajstić information content (AvgIpc) is 3.09. The van der Waals surface area contributed by atoms with Crippen molar-refractivity contribution >= 4 is 11.9 Å². The van der Waals surface area contributed by atoms with Crippen LogP contribution in [0.25, 0.3) is 0 Å². The monoisotopic (exact) mass is 337 g/mol. The highest BCUT2D eigenvalue weighted by Crippen LogP contribution is 2.46. The summed E-state index contributed by atoms with van der Waals surface area (Å²) in [6.07, 6.45) is 1.55. The first-order valence-electron chi connectivity index (χ1n) is 7.90. The molecule has 1 aliphatic heterocycles. The maximum atomic E-state index is 12.9. The van der Waals surface area contributed by atoms with Gasteiger partial charge in [-0.1, -0.05) is 60.7 Å². The van der Waals surface area contributed by atoms with Crippen LogP contribution >= 0.6 is 0 Å². The lowest BCUT2D eigenvalue weighted by Crippen LogP contribution is -2.49. The average molecular weight is 337 g/mol. The van der Waals surface area contributed by atoms with Gasteiger partial charge in [0.25, 0.3) is 0 Å². The largest absolute Gasteiger partial charge is 0.467 e. The molecule has 1 aliphatic rings. The molecule has 2 aromatic rings. The fraction of sp³-hybridized carbons (Fsp3) is 0.200. The van der Waals surface area contributed by atoms with Crippen LogP contribution in [0.4, 0.5) is 0 Å². The highest BCUT2D eigenvalue weighted by Gasteiger charge is 2.55. The predicted octanol–water partition coefficient (Wildman–Crippen LogP) is 2.50. The molecule has 3 rings (SSSR count). The third kappa shape index (κ3) is 2.67. The lowest BCUT2D eigenvalue weighted by Gasteiger charge is -2.35. The summed E-state index contributed by atoms with van der Waals surface area (Å²) >= 11 is 0. The van der Waals surface area contributed by atoms with E-state index in [0.717, 1.165) is 5.56 Å². The highest BCUT2D eigenvalue weighted by atomic mass is 16.5. The number of methoxy groups -OCH3 is 2. The van der Waals surface area contributed by atoms with Crippen LogP contribution in [0, 0.1) is 0 Å². The van der Waals surface area contributed by atoms with E-state index in [2.05, 4.69) is 5.32 Å². The molecule has 0 unspecified atom stereocenters. The van der Waals surface area contributed by atoms with Gasteiger partial charge in [-0.15, -0.1) is 0 Å². The Kier molecular flexibility index (Phi) is 4.57. The van der Waals surface area contributed by atoms with Crippen molar-refractivity contribution < 1.29 is 19.1 Å². The van der Waals surface area contributed by atoms with E-state index >= 15 is 0 Å². The number of rotatable bonds is 4. The number of carbonyl (C=O) groups excluding carboxylic acids is 2. The van der Waals surface area contributed by atoms with Gasteiger partial charge in [-0.2, -0.15) is 0 Å². The molecule has 5 heteroatoms. The molecule has 1 heterocycles. The van der Waals surface area contributed by atoms with Gasteiger partial charge < -0.3 is 14.8 Å². The minimum absolute atomic E-state index is 0.378. The molecular weight excluding hydrogens is 318 g/mol. The predicted molar refractivity (Wildman–Crippen MR) is 92.6 cm³/mol. The molecular formula is C20H19NO4. The molecule has 2 aromatic carbocycles. The quantitative estimate of drug-likeness (QED) is 0.869. The summed E-state index contributed by atoms with van der Waals surface area (Å²) < 4.78 is 10.0. The summed E-state index contributed by atoms with van der Waals surface area (Å²) in [6.45, 7) is 0. The number of ether oxygens (including phenoxy) is 2. The maximum absolute atomic E-state index is 12.9. The Bertz CT molecular complexity index is 801. The van der Waals surface area contributed by atoms with Crippen LogP contribution in [-0.2, 0) is 24.6 Å². The van der Waals surface area contributed by atoms with E-state index in [9.17, 15) is 9.59 Å². The lowest BCUT2D eigenvalue weighted by molar-refractivity contribution is -0.149. The molecule has 0 spiro atoms. The molecule has 0 saturated heterocycles. The van der Waals surface area contributed by atoms with Crippen molar-refractivity contribution in [1.29, 1.82) is 0 Å². The minimum Gasteiger partial charge on any atom is -0.467 e. The second-order valence-corrected chi connectivity index (χ2v) is 5.74. The van der Waals surface area contributed by atoms with Crippen LogP contribution in [0.1, 0.15) is 17.0 Å². The summed E-state index contributed by atoms with van der Waals surface area (Å²) in [7, 11) is 2.67. The van der Waals surface area contributed by atoms with Gasteiger partial charge in [0, 0.05) is 6.20 Å². The smallest absolute Gasteiger partial charge is 0.337 e. The summed E-state index contributed by atoms with van der Waals surface area (Å²) in [4.78, 5) is 25.3. The van der Waals surface area contributed by atoms with Gasteiger partial charge in [0.05, 0.1) is 25.7 Å². The normalized spacial score (nSPS) is 21.8. The van der Waals surface area contributed by atoms with Crippen LogP contribution in [0.3, 0.4) is 0 Å². The van der Waals surface area contributed by atoms with Crippen LogP contribution in [0.5, 0.6) is 0 Å². The topological polar surface area (TPSA) is 64.6 Å². The van der Waals surface area contributed by atoms with Crippen molar-refractivity contribution in [2.75, 3.05) is 14.2 Å². The number of hydrogen-bond donors (Lipinski definition) is 1. The van der Waals surface area contributed by atoms with Gasteiger partial charge in [0.1, 0.15) is 0 Å². The molecule has 128 valence electrons. The molecule has 0 aliphatic carbocycles.